The van der Waals surface area contributed by atoms with E-state index in [0.717, 1.165) is 11.1 Å². The van der Waals surface area contributed by atoms with Crippen LogP contribution in [0.4, 0.5) is 29.9 Å². The van der Waals surface area contributed by atoms with Crippen molar-refractivity contribution in [1.82, 2.24) is 15.2 Å². The van der Waals surface area contributed by atoms with Gasteiger partial charge in [0.15, 0.2) is 5.69 Å². The minimum absolute atomic E-state index is 0.0853. The molecule has 0 saturated carbocycles. The SMILES string of the molecule is CC1COCCN1c1sc(C(F)(F)F)nc1-c1nnc(NC2N=C(c3ccccc3)c3ccccc3NC2=O)o1. The number of nitrogens with one attached hydrogen (secondary N) is 2. The number of aromatic nitrogens is 3. The van der Waals surface area contributed by atoms with Crippen molar-refractivity contribution in [3.8, 4) is 11.6 Å². The number of nitrogens with zero attached hydrogens (tertiary/aromatic N) is 5. The summed E-state index contributed by atoms with van der Waals surface area (Å²) in [5.74, 6) is -0.693. The predicted molar refractivity (Wildman–Crippen MR) is 143 cm³/mol. The molecule has 4 aromatic rings. The average molecular weight is 570 g/mol. The normalized spacial score (nSPS) is 19.4. The second-order valence-corrected chi connectivity index (χ2v) is 10.1. The lowest BCUT2D eigenvalue weighted by Crippen LogP contribution is -2.43. The van der Waals surface area contributed by atoms with Crippen LogP contribution in [-0.4, -0.2) is 58.8 Å². The number of hydrogen-bond donors (Lipinski definition) is 2. The zero-order chi connectivity index (χ0) is 27.9. The lowest BCUT2D eigenvalue weighted by Gasteiger charge is -2.34. The Morgan fingerprint density at radius 1 is 1.10 bits per heavy atom. The molecule has 1 fully saturated rings. The Labute approximate surface area is 229 Å². The lowest BCUT2D eigenvalue weighted by molar-refractivity contribution is -0.137. The van der Waals surface area contributed by atoms with Crippen LogP contribution in [0.5, 0.6) is 0 Å². The highest BCUT2D eigenvalue weighted by Gasteiger charge is 2.39. The Morgan fingerprint density at radius 2 is 1.88 bits per heavy atom. The van der Waals surface area contributed by atoms with Crippen LogP contribution in [0.15, 0.2) is 64.0 Å². The number of benzene rings is 2. The van der Waals surface area contributed by atoms with Gasteiger partial charge in [-0.15, -0.1) is 5.10 Å². The quantitative estimate of drug-likeness (QED) is 0.356. The lowest BCUT2D eigenvalue weighted by atomic mass is 10.0. The highest BCUT2D eigenvalue weighted by molar-refractivity contribution is 7.16. The molecule has 6 rings (SSSR count). The fourth-order valence-corrected chi connectivity index (χ4v) is 5.53. The van der Waals surface area contributed by atoms with E-state index >= 15 is 0 Å². The van der Waals surface area contributed by atoms with Crippen molar-refractivity contribution in [2.75, 3.05) is 35.3 Å². The van der Waals surface area contributed by atoms with Gasteiger partial charge in [0.05, 0.1) is 30.7 Å². The van der Waals surface area contributed by atoms with Crippen molar-refractivity contribution in [2.45, 2.75) is 25.3 Å². The van der Waals surface area contributed by atoms with Crippen LogP contribution >= 0.6 is 11.3 Å². The van der Waals surface area contributed by atoms with Crippen molar-refractivity contribution in [3.63, 3.8) is 0 Å². The molecular weight excluding hydrogens is 547 g/mol. The molecule has 0 spiro atoms. The molecule has 0 radical (unpaired) electrons. The molecule has 2 aromatic carbocycles. The van der Waals surface area contributed by atoms with Crippen LogP contribution < -0.4 is 15.5 Å². The Morgan fingerprint density at radius 3 is 2.65 bits per heavy atom. The molecule has 1 amide bonds. The zero-order valence-corrected chi connectivity index (χ0v) is 21.8. The van der Waals surface area contributed by atoms with Gasteiger partial charge in [-0.1, -0.05) is 65.0 Å². The summed E-state index contributed by atoms with van der Waals surface area (Å²) in [7, 11) is 0. The largest absolute Gasteiger partial charge is 0.443 e. The first-order valence-electron chi connectivity index (χ1n) is 12.3. The number of alkyl halides is 3. The molecule has 10 nitrogen and oxygen atoms in total. The molecular formula is C26H22F3N7O3S. The van der Waals surface area contributed by atoms with E-state index in [1.54, 1.807) is 17.0 Å². The van der Waals surface area contributed by atoms with Crippen molar-refractivity contribution < 1.29 is 27.1 Å². The first-order valence-corrected chi connectivity index (χ1v) is 13.2. The van der Waals surface area contributed by atoms with E-state index in [2.05, 4.69) is 30.8 Å². The van der Waals surface area contributed by atoms with E-state index in [0.29, 0.717) is 42.5 Å². The predicted octanol–water partition coefficient (Wildman–Crippen LogP) is 4.66. The Bertz CT molecular complexity index is 1570. The molecule has 2 unspecified atom stereocenters. The van der Waals surface area contributed by atoms with E-state index in [1.807, 2.05) is 49.4 Å². The number of morpholine rings is 1. The molecule has 40 heavy (non-hydrogen) atoms. The maximum absolute atomic E-state index is 13.6. The number of rotatable bonds is 5. The molecule has 4 heterocycles. The van der Waals surface area contributed by atoms with Gasteiger partial charge < -0.3 is 24.7 Å². The summed E-state index contributed by atoms with van der Waals surface area (Å²) in [4.78, 5) is 23.4. The van der Waals surface area contributed by atoms with Crippen LogP contribution in [0.25, 0.3) is 11.6 Å². The number of carbonyl (C=O) groups excluding carboxylic acids is 1. The Kier molecular flexibility index (Phi) is 6.72. The zero-order valence-electron chi connectivity index (χ0n) is 21.0. The van der Waals surface area contributed by atoms with Crippen LogP contribution in [0.2, 0.25) is 0 Å². The standard InChI is InChI=1S/C26H22F3N7O3S/c1-14-13-38-12-11-36(14)23-19(32-24(40-23)26(27,28)29)22-34-35-25(39-22)33-20-21(37)30-17-10-6-5-9-16(17)18(31-20)15-7-3-2-4-8-15/h2-10,14,20H,11-13H2,1H3,(H,30,37)(H,33,35). The average Bonchev–Trinajstić information content (AvgIpc) is 3.57. The van der Waals surface area contributed by atoms with E-state index in [1.165, 1.54) is 0 Å². The van der Waals surface area contributed by atoms with Crippen LogP contribution in [-0.2, 0) is 15.7 Å². The summed E-state index contributed by atoms with van der Waals surface area (Å²) in [5, 5.41) is 12.8. The molecule has 206 valence electrons. The molecule has 14 heteroatoms. The molecule has 2 aliphatic heterocycles. The van der Waals surface area contributed by atoms with Crippen LogP contribution in [0, 0.1) is 0 Å². The number of fused-ring (bicyclic) bond motifs is 1. The maximum atomic E-state index is 13.6. The first kappa shape index (κ1) is 26.0. The van der Waals surface area contributed by atoms with Gasteiger partial charge in [0, 0.05) is 17.7 Å². The van der Waals surface area contributed by atoms with E-state index in [9.17, 15) is 18.0 Å². The number of amides is 1. The second-order valence-electron chi connectivity index (χ2n) is 9.13. The molecule has 2 N–H and O–H groups in total. The molecule has 0 bridgehead atoms. The summed E-state index contributed by atoms with van der Waals surface area (Å²) in [6, 6.07) is 16.2. The first-order chi connectivity index (χ1) is 19.3. The Hall–Kier alpha value is -4.30. The third kappa shape index (κ3) is 5.02. The smallest absolute Gasteiger partial charge is 0.402 e. The third-order valence-electron chi connectivity index (χ3n) is 6.36. The fourth-order valence-electron chi connectivity index (χ4n) is 4.47. The van der Waals surface area contributed by atoms with Gasteiger partial charge in [-0.25, -0.2) is 9.98 Å². The van der Waals surface area contributed by atoms with E-state index in [-0.39, 0.29) is 28.6 Å². The van der Waals surface area contributed by atoms with Crippen molar-refractivity contribution in [3.05, 3.63) is 70.7 Å². The number of carbonyl (C=O) groups is 1. The summed E-state index contributed by atoms with van der Waals surface area (Å²) in [5.41, 5.74) is 2.57. The Balaban J connectivity index is 1.34. The minimum Gasteiger partial charge on any atom is -0.402 e. The topological polar surface area (TPSA) is 118 Å². The summed E-state index contributed by atoms with van der Waals surface area (Å²) in [6.45, 7) is 2.95. The third-order valence-corrected chi connectivity index (χ3v) is 7.50. The maximum Gasteiger partial charge on any atom is 0.443 e. The van der Waals surface area contributed by atoms with E-state index in [4.69, 9.17) is 9.15 Å². The molecule has 2 aliphatic rings. The minimum atomic E-state index is -4.65. The highest BCUT2D eigenvalue weighted by atomic mass is 32.1. The molecule has 0 aliphatic carbocycles. The number of hydrogen-bond acceptors (Lipinski definition) is 10. The number of anilines is 3. The summed E-state index contributed by atoms with van der Waals surface area (Å²) >= 11 is 0.511. The number of thiazole rings is 1. The second kappa shape index (κ2) is 10.4. The van der Waals surface area contributed by atoms with Crippen LogP contribution in [0.1, 0.15) is 23.1 Å². The monoisotopic (exact) mass is 569 g/mol. The molecule has 2 atom stereocenters. The highest BCUT2D eigenvalue weighted by Crippen LogP contribution is 2.43. The summed E-state index contributed by atoms with van der Waals surface area (Å²) in [6.07, 6.45) is -5.82. The number of para-hydroxylation sites is 1. The number of halogens is 3. The molecule has 2 aromatic heterocycles. The molecule has 1 saturated heterocycles. The van der Waals surface area contributed by atoms with Crippen molar-refractivity contribution in [1.29, 1.82) is 0 Å². The van der Waals surface area contributed by atoms with Gasteiger partial charge in [-0.05, 0) is 13.0 Å². The van der Waals surface area contributed by atoms with Gasteiger partial charge >= 0.3 is 12.2 Å². The van der Waals surface area contributed by atoms with Crippen LogP contribution in [0.3, 0.4) is 0 Å². The van der Waals surface area contributed by atoms with E-state index < -0.39 is 23.3 Å². The number of aliphatic imine (C=N–C) groups is 1. The van der Waals surface area contributed by atoms with Gasteiger partial charge in [-0.2, -0.15) is 13.2 Å². The fraction of sp³-hybridized carbons (Fsp3) is 0.269. The van der Waals surface area contributed by atoms with Gasteiger partial charge in [-0.3, -0.25) is 4.79 Å². The van der Waals surface area contributed by atoms with Crippen molar-refractivity contribution in [2.24, 2.45) is 4.99 Å². The number of benzodiazepines with no additional fused rings is 1. The van der Waals surface area contributed by atoms with Gasteiger partial charge in [0.1, 0.15) is 5.00 Å². The van der Waals surface area contributed by atoms with Crippen molar-refractivity contribution >= 4 is 39.7 Å². The van der Waals surface area contributed by atoms with Gasteiger partial charge in [0.25, 0.3) is 11.8 Å². The summed E-state index contributed by atoms with van der Waals surface area (Å²) < 4.78 is 52.0. The van der Waals surface area contributed by atoms with Gasteiger partial charge in [0.2, 0.25) is 11.2 Å². The number of ether oxygens (including phenoxy) is 1.